The molecule has 1 saturated heterocycles. The molecule has 0 saturated carbocycles. The Labute approximate surface area is 99.4 Å². The Bertz CT molecular complexity index is 426. The number of carbonyl (C=O) groups excluding carboxylic acids is 1. The van der Waals surface area contributed by atoms with Gasteiger partial charge in [0.2, 0.25) is 0 Å². The number of hydrogen-bond donors (Lipinski definition) is 1. The molecule has 1 N–H and O–H groups in total. The van der Waals surface area contributed by atoms with Crippen LogP contribution in [-0.2, 0) is 7.05 Å². The first-order valence-corrected chi connectivity index (χ1v) is 5.60. The highest BCUT2D eigenvalue weighted by Gasteiger charge is 2.34. The van der Waals surface area contributed by atoms with Crippen LogP contribution in [0.4, 0.5) is 0 Å². The molecule has 0 bridgehead atoms. The summed E-state index contributed by atoms with van der Waals surface area (Å²) in [5.74, 6) is -0.0767. The predicted octanol–water partition coefficient (Wildman–Crippen LogP) is 1.28. The smallest absolute Gasteiger partial charge is 0.270 e. The molecule has 1 aromatic rings. The van der Waals surface area contributed by atoms with Gasteiger partial charge in [-0.3, -0.25) is 4.79 Å². The van der Waals surface area contributed by atoms with Gasteiger partial charge in [-0.15, -0.1) is 0 Å². The quantitative estimate of drug-likeness (QED) is 0.806. The summed E-state index contributed by atoms with van der Waals surface area (Å²) in [6, 6.07) is 1.65. The lowest BCUT2D eigenvalue weighted by atomic mass is 10.1. The number of amides is 1. The summed E-state index contributed by atoms with van der Waals surface area (Å²) in [5.41, 5.74) is -0.201. The van der Waals surface area contributed by atoms with Gasteiger partial charge in [0, 0.05) is 26.3 Å². The molecule has 1 aliphatic heterocycles. The predicted molar refractivity (Wildman–Crippen MR) is 61.6 cm³/mol. The van der Waals surface area contributed by atoms with Crippen LogP contribution in [-0.4, -0.2) is 39.2 Å². The zero-order valence-corrected chi connectivity index (χ0v) is 10.2. The van der Waals surface area contributed by atoms with Gasteiger partial charge in [0.05, 0.1) is 10.6 Å². The number of halogens is 1. The van der Waals surface area contributed by atoms with Crippen molar-refractivity contribution in [2.24, 2.45) is 7.05 Å². The summed E-state index contributed by atoms with van der Waals surface area (Å²) >= 11 is 5.83. The fourth-order valence-corrected chi connectivity index (χ4v) is 2.27. The zero-order chi connectivity index (χ0) is 11.9. The Balaban J connectivity index is 2.18. The average Bonchev–Trinajstić information content (AvgIpc) is 2.68. The van der Waals surface area contributed by atoms with Crippen molar-refractivity contribution in [2.75, 3.05) is 13.1 Å². The summed E-state index contributed by atoms with van der Waals surface area (Å²) in [4.78, 5) is 13.8. The van der Waals surface area contributed by atoms with Crippen LogP contribution in [0.5, 0.6) is 0 Å². The van der Waals surface area contributed by atoms with Crippen molar-refractivity contribution in [1.29, 1.82) is 0 Å². The number of β-amino-alcohol motifs (C(OH)–C–C–N with tert-alkyl or cyclic N) is 1. The van der Waals surface area contributed by atoms with Gasteiger partial charge >= 0.3 is 0 Å². The third-order valence-electron chi connectivity index (χ3n) is 2.93. The van der Waals surface area contributed by atoms with Crippen molar-refractivity contribution in [3.63, 3.8) is 0 Å². The van der Waals surface area contributed by atoms with Crippen molar-refractivity contribution in [2.45, 2.75) is 18.9 Å². The summed E-state index contributed by atoms with van der Waals surface area (Å²) in [7, 11) is 1.79. The molecule has 2 rings (SSSR count). The van der Waals surface area contributed by atoms with Gasteiger partial charge in [-0.05, 0) is 19.4 Å². The topological polar surface area (TPSA) is 45.5 Å². The lowest BCUT2D eigenvalue weighted by Gasteiger charge is -2.19. The van der Waals surface area contributed by atoms with E-state index in [9.17, 15) is 9.90 Å². The highest BCUT2D eigenvalue weighted by molar-refractivity contribution is 6.31. The number of hydrogen-bond acceptors (Lipinski definition) is 2. The van der Waals surface area contributed by atoms with Gasteiger partial charge in [0.25, 0.3) is 5.91 Å². The van der Waals surface area contributed by atoms with Crippen molar-refractivity contribution >= 4 is 17.5 Å². The highest BCUT2D eigenvalue weighted by atomic mass is 35.5. The normalized spacial score (nSPS) is 25.1. The van der Waals surface area contributed by atoms with E-state index >= 15 is 0 Å². The van der Waals surface area contributed by atoms with Crippen LogP contribution in [0.2, 0.25) is 5.02 Å². The Morgan fingerprint density at radius 2 is 2.31 bits per heavy atom. The van der Waals surface area contributed by atoms with E-state index in [-0.39, 0.29) is 5.91 Å². The molecular formula is C11H15ClN2O2. The first kappa shape index (κ1) is 11.5. The standard InChI is InChI=1S/C11H15ClN2O2/c1-11(16)3-4-14(7-11)10(15)9-5-8(12)6-13(9)2/h5-6,16H,3-4,7H2,1-2H3. The van der Waals surface area contributed by atoms with Crippen LogP contribution in [0, 0.1) is 0 Å². The molecule has 0 aromatic carbocycles. The number of aryl methyl sites for hydroxylation is 1. The number of rotatable bonds is 1. The van der Waals surface area contributed by atoms with Crippen LogP contribution in [0.3, 0.4) is 0 Å². The van der Waals surface area contributed by atoms with Crippen molar-refractivity contribution < 1.29 is 9.90 Å². The summed E-state index contributed by atoms with van der Waals surface area (Å²) in [5, 5.41) is 10.4. The van der Waals surface area contributed by atoms with Crippen LogP contribution in [0.25, 0.3) is 0 Å². The molecule has 1 aliphatic rings. The van der Waals surface area contributed by atoms with E-state index in [2.05, 4.69) is 0 Å². The second-order valence-electron chi connectivity index (χ2n) is 4.63. The van der Waals surface area contributed by atoms with Gasteiger partial charge < -0.3 is 14.6 Å². The molecule has 0 spiro atoms. The zero-order valence-electron chi connectivity index (χ0n) is 9.40. The minimum Gasteiger partial charge on any atom is -0.388 e. The highest BCUT2D eigenvalue weighted by Crippen LogP contribution is 2.23. The summed E-state index contributed by atoms with van der Waals surface area (Å²) in [6.07, 6.45) is 2.32. The minimum atomic E-state index is -0.759. The molecule has 1 atom stereocenters. The molecule has 0 radical (unpaired) electrons. The third kappa shape index (κ3) is 2.08. The van der Waals surface area contributed by atoms with Crippen LogP contribution >= 0.6 is 11.6 Å². The van der Waals surface area contributed by atoms with Gasteiger partial charge in [-0.2, -0.15) is 0 Å². The van der Waals surface area contributed by atoms with Gasteiger partial charge in [0.15, 0.2) is 0 Å². The number of nitrogens with zero attached hydrogens (tertiary/aromatic N) is 2. The maximum absolute atomic E-state index is 12.1. The number of aliphatic hydroxyl groups is 1. The molecule has 0 aliphatic carbocycles. The molecular weight excluding hydrogens is 228 g/mol. The Morgan fingerprint density at radius 1 is 1.62 bits per heavy atom. The Hall–Kier alpha value is -1.00. The number of carbonyl (C=O) groups is 1. The molecule has 16 heavy (non-hydrogen) atoms. The van der Waals surface area contributed by atoms with E-state index in [1.165, 1.54) is 0 Å². The van der Waals surface area contributed by atoms with Crippen molar-refractivity contribution in [3.05, 3.63) is 23.0 Å². The fourth-order valence-electron chi connectivity index (χ4n) is 2.02. The van der Waals surface area contributed by atoms with Crippen LogP contribution in [0.15, 0.2) is 12.3 Å². The molecule has 1 fully saturated rings. The second kappa shape index (κ2) is 3.79. The molecule has 2 heterocycles. The molecule has 1 aromatic heterocycles. The Kier molecular flexibility index (Phi) is 2.72. The lowest BCUT2D eigenvalue weighted by Crippen LogP contribution is -2.34. The van der Waals surface area contributed by atoms with Crippen LogP contribution in [0.1, 0.15) is 23.8 Å². The van der Waals surface area contributed by atoms with Gasteiger partial charge in [-0.1, -0.05) is 11.6 Å². The van der Waals surface area contributed by atoms with Crippen molar-refractivity contribution in [3.8, 4) is 0 Å². The first-order chi connectivity index (χ1) is 7.39. The summed E-state index contributed by atoms with van der Waals surface area (Å²) < 4.78 is 1.71. The van der Waals surface area contributed by atoms with Gasteiger partial charge in [-0.25, -0.2) is 0 Å². The average molecular weight is 243 g/mol. The third-order valence-corrected chi connectivity index (χ3v) is 3.14. The van der Waals surface area contributed by atoms with E-state index in [0.717, 1.165) is 0 Å². The number of likely N-dealkylation sites (tertiary alicyclic amines) is 1. The molecule has 1 unspecified atom stereocenters. The van der Waals surface area contributed by atoms with E-state index < -0.39 is 5.60 Å². The number of aromatic nitrogens is 1. The van der Waals surface area contributed by atoms with Gasteiger partial charge in [0.1, 0.15) is 5.69 Å². The van der Waals surface area contributed by atoms with Crippen LogP contribution < -0.4 is 0 Å². The summed E-state index contributed by atoms with van der Waals surface area (Å²) in [6.45, 7) is 2.72. The molecule has 88 valence electrons. The second-order valence-corrected chi connectivity index (χ2v) is 5.06. The maximum Gasteiger partial charge on any atom is 0.270 e. The van der Waals surface area contributed by atoms with E-state index in [0.29, 0.717) is 30.2 Å². The van der Waals surface area contributed by atoms with E-state index in [4.69, 9.17) is 11.6 Å². The molecule has 1 amide bonds. The SMILES string of the molecule is Cn1cc(Cl)cc1C(=O)N1CCC(C)(O)C1. The Morgan fingerprint density at radius 3 is 2.75 bits per heavy atom. The first-order valence-electron chi connectivity index (χ1n) is 5.22. The lowest BCUT2D eigenvalue weighted by molar-refractivity contribution is 0.0567. The molecule has 4 nitrogen and oxygen atoms in total. The largest absolute Gasteiger partial charge is 0.388 e. The monoisotopic (exact) mass is 242 g/mol. The van der Waals surface area contributed by atoms with Crippen molar-refractivity contribution in [1.82, 2.24) is 9.47 Å². The van der Waals surface area contributed by atoms with E-state index in [1.54, 1.807) is 35.7 Å². The fraction of sp³-hybridized carbons (Fsp3) is 0.545. The maximum atomic E-state index is 12.1. The van der Waals surface area contributed by atoms with E-state index in [1.807, 2.05) is 0 Å². The minimum absolute atomic E-state index is 0.0767. The molecule has 5 heteroatoms.